The normalized spacial score (nSPS) is 14.9. The Hall–Kier alpha value is -1.74. The Morgan fingerprint density at radius 2 is 2.11 bits per heavy atom. The van der Waals surface area contributed by atoms with Gasteiger partial charge < -0.3 is 4.74 Å². The van der Waals surface area contributed by atoms with Gasteiger partial charge in [0.15, 0.2) is 0 Å². The second-order valence-corrected chi connectivity index (χ2v) is 4.82. The summed E-state index contributed by atoms with van der Waals surface area (Å²) in [6.45, 7) is 11.4. The van der Waals surface area contributed by atoms with Crippen molar-refractivity contribution in [2.45, 2.75) is 32.7 Å². The standard InChI is InChI=1S/C14H23N3O2/c1-6-8-12(14(18)19-5)9-11(7-2)13(10(3)4)16-17-15/h6-7,10-13H,1-2,8-9H2,3-5H3/t11-,12?,13-/m0/s1. The summed E-state index contributed by atoms with van der Waals surface area (Å²) in [4.78, 5) is 14.6. The Morgan fingerprint density at radius 3 is 2.47 bits per heavy atom. The second-order valence-electron chi connectivity index (χ2n) is 4.82. The lowest BCUT2D eigenvalue weighted by molar-refractivity contribution is -0.145. The molecule has 0 saturated carbocycles. The van der Waals surface area contributed by atoms with Crippen LogP contribution in [-0.2, 0) is 9.53 Å². The third-order valence-corrected chi connectivity index (χ3v) is 3.15. The third-order valence-electron chi connectivity index (χ3n) is 3.15. The molecule has 0 N–H and O–H groups in total. The van der Waals surface area contributed by atoms with Crippen molar-refractivity contribution in [3.63, 3.8) is 0 Å². The van der Waals surface area contributed by atoms with Crippen LogP contribution in [0.2, 0.25) is 0 Å². The lowest BCUT2D eigenvalue weighted by atomic mass is 9.83. The molecular weight excluding hydrogens is 242 g/mol. The maximum Gasteiger partial charge on any atom is 0.308 e. The number of azide groups is 1. The van der Waals surface area contributed by atoms with E-state index in [-0.39, 0.29) is 29.8 Å². The summed E-state index contributed by atoms with van der Waals surface area (Å²) in [5, 5.41) is 3.82. The van der Waals surface area contributed by atoms with E-state index in [9.17, 15) is 4.79 Å². The van der Waals surface area contributed by atoms with Gasteiger partial charge in [-0.05, 0) is 30.2 Å². The van der Waals surface area contributed by atoms with Crippen LogP contribution in [0, 0.1) is 17.8 Å². The van der Waals surface area contributed by atoms with Crippen LogP contribution < -0.4 is 0 Å². The van der Waals surface area contributed by atoms with Gasteiger partial charge in [0.1, 0.15) is 0 Å². The van der Waals surface area contributed by atoms with E-state index in [0.29, 0.717) is 12.8 Å². The van der Waals surface area contributed by atoms with Crippen LogP contribution >= 0.6 is 0 Å². The molecule has 0 aromatic carbocycles. The molecule has 0 aromatic rings. The van der Waals surface area contributed by atoms with Crippen molar-refractivity contribution in [2.24, 2.45) is 22.9 Å². The number of carbonyl (C=O) groups excluding carboxylic acids is 1. The van der Waals surface area contributed by atoms with Crippen LogP contribution in [-0.4, -0.2) is 19.1 Å². The highest BCUT2D eigenvalue weighted by atomic mass is 16.5. The van der Waals surface area contributed by atoms with Crippen LogP contribution in [0.3, 0.4) is 0 Å². The number of carbonyl (C=O) groups is 1. The third kappa shape index (κ3) is 5.62. The van der Waals surface area contributed by atoms with E-state index in [4.69, 9.17) is 10.3 Å². The van der Waals surface area contributed by atoms with Crippen LogP contribution in [0.15, 0.2) is 30.4 Å². The topological polar surface area (TPSA) is 75.1 Å². The molecule has 0 fully saturated rings. The first-order chi connectivity index (χ1) is 9.01. The van der Waals surface area contributed by atoms with Crippen molar-refractivity contribution in [3.8, 4) is 0 Å². The van der Waals surface area contributed by atoms with Crippen molar-refractivity contribution in [2.75, 3.05) is 7.11 Å². The Kier molecular flexibility index (Phi) is 8.38. The second kappa shape index (κ2) is 9.22. The van der Waals surface area contributed by atoms with Gasteiger partial charge >= 0.3 is 5.97 Å². The van der Waals surface area contributed by atoms with E-state index in [1.54, 1.807) is 12.2 Å². The molecule has 0 saturated heterocycles. The molecule has 0 aromatic heterocycles. The molecule has 0 aliphatic heterocycles. The van der Waals surface area contributed by atoms with Crippen molar-refractivity contribution >= 4 is 5.97 Å². The molecule has 5 heteroatoms. The summed E-state index contributed by atoms with van der Waals surface area (Å²) in [5.41, 5.74) is 8.64. The lowest BCUT2D eigenvalue weighted by Crippen LogP contribution is -2.27. The largest absolute Gasteiger partial charge is 0.469 e. The number of hydrogen-bond donors (Lipinski definition) is 0. The fourth-order valence-electron chi connectivity index (χ4n) is 2.13. The number of hydrogen-bond acceptors (Lipinski definition) is 3. The zero-order valence-corrected chi connectivity index (χ0v) is 12.0. The number of esters is 1. The number of ether oxygens (including phenoxy) is 1. The highest BCUT2D eigenvalue weighted by molar-refractivity contribution is 5.72. The number of nitrogens with zero attached hydrogens (tertiary/aromatic N) is 3. The SMILES string of the molecule is C=CCC(C[C@H](C=C)[C@@H](N=[N+]=[N-])C(C)C)C(=O)OC. The molecule has 0 rings (SSSR count). The first-order valence-electron chi connectivity index (χ1n) is 6.37. The summed E-state index contributed by atoms with van der Waals surface area (Å²) in [6.07, 6.45) is 4.53. The summed E-state index contributed by atoms with van der Waals surface area (Å²) in [5.74, 6) is -0.420. The number of rotatable bonds is 9. The van der Waals surface area contributed by atoms with Gasteiger partial charge in [-0.3, -0.25) is 4.79 Å². The van der Waals surface area contributed by atoms with E-state index in [0.717, 1.165) is 0 Å². The molecule has 106 valence electrons. The summed E-state index contributed by atoms with van der Waals surface area (Å²) >= 11 is 0. The molecule has 1 unspecified atom stereocenters. The Morgan fingerprint density at radius 1 is 1.47 bits per heavy atom. The molecular formula is C14H23N3O2. The molecule has 0 heterocycles. The molecule has 0 aliphatic rings. The maximum absolute atomic E-state index is 11.7. The van der Waals surface area contributed by atoms with Gasteiger partial charge in [0, 0.05) is 11.0 Å². The van der Waals surface area contributed by atoms with E-state index in [2.05, 4.69) is 23.2 Å². The molecule has 19 heavy (non-hydrogen) atoms. The maximum atomic E-state index is 11.7. The molecule has 0 amide bonds. The monoisotopic (exact) mass is 265 g/mol. The van der Waals surface area contributed by atoms with E-state index in [1.165, 1.54) is 7.11 Å². The quantitative estimate of drug-likeness (QED) is 0.208. The smallest absolute Gasteiger partial charge is 0.308 e. The van der Waals surface area contributed by atoms with Crippen molar-refractivity contribution in [1.82, 2.24) is 0 Å². The summed E-state index contributed by atoms with van der Waals surface area (Å²) in [7, 11) is 1.37. The Labute approximate surface area is 115 Å². The van der Waals surface area contributed by atoms with E-state index < -0.39 is 0 Å². The molecule has 0 spiro atoms. The highest BCUT2D eigenvalue weighted by Crippen LogP contribution is 2.27. The minimum absolute atomic E-state index is 0.0556. The van der Waals surface area contributed by atoms with Crippen molar-refractivity contribution in [3.05, 3.63) is 35.8 Å². The Bertz CT molecular complexity index is 360. The van der Waals surface area contributed by atoms with E-state index in [1.807, 2.05) is 13.8 Å². The first-order valence-corrected chi connectivity index (χ1v) is 6.37. The van der Waals surface area contributed by atoms with Crippen molar-refractivity contribution in [1.29, 1.82) is 0 Å². The number of allylic oxidation sites excluding steroid dienone is 1. The minimum atomic E-state index is -0.277. The predicted octanol–water partition coefficient (Wildman–Crippen LogP) is 3.88. The van der Waals surface area contributed by atoms with Gasteiger partial charge in [-0.25, -0.2) is 0 Å². The van der Waals surface area contributed by atoms with E-state index >= 15 is 0 Å². The zero-order chi connectivity index (χ0) is 14.8. The molecule has 0 radical (unpaired) electrons. The summed E-state index contributed by atoms with van der Waals surface area (Å²) in [6, 6.07) is -0.209. The van der Waals surface area contributed by atoms with Crippen LogP contribution in [0.1, 0.15) is 26.7 Å². The fraction of sp³-hybridized carbons (Fsp3) is 0.643. The molecule has 0 aliphatic carbocycles. The zero-order valence-electron chi connectivity index (χ0n) is 12.0. The highest BCUT2D eigenvalue weighted by Gasteiger charge is 2.27. The number of methoxy groups -OCH3 is 1. The van der Waals surface area contributed by atoms with Gasteiger partial charge in [-0.15, -0.1) is 13.2 Å². The lowest BCUT2D eigenvalue weighted by Gasteiger charge is -2.26. The van der Waals surface area contributed by atoms with Gasteiger partial charge in [0.25, 0.3) is 0 Å². The Balaban J connectivity index is 5.01. The first kappa shape index (κ1) is 17.3. The van der Waals surface area contributed by atoms with Gasteiger partial charge in [0.05, 0.1) is 13.0 Å². The predicted molar refractivity (Wildman–Crippen MR) is 76.4 cm³/mol. The minimum Gasteiger partial charge on any atom is -0.469 e. The average molecular weight is 265 g/mol. The van der Waals surface area contributed by atoms with Crippen LogP contribution in [0.4, 0.5) is 0 Å². The van der Waals surface area contributed by atoms with Gasteiger partial charge in [-0.2, -0.15) is 0 Å². The van der Waals surface area contributed by atoms with Crippen LogP contribution in [0.25, 0.3) is 10.4 Å². The van der Waals surface area contributed by atoms with Gasteiger partial charge in [0.2, 0.25) is 0 Å². The molecule has 3 atom stereocenters. The average Bonchev–Trinajstić information content (AvgIpc) is 2.40. The molecule has 5 nitrogen and oxygen atoms in total. The van der Waals surface area contributed by atoms with Crippen LogP contribution in [0.5, 0.6) is 0 Å². The summed E-state index contributed by atoms with van der Waals surface area (Å²) < 4.78 is 4.79. The van der Waals surface area contributed by atoms with Crippen molar-refractivity contribution < 1.29 is 9.53 Å². The fourth-order valence-corrected chi connectivity index (χ4v) is 2.13. The molecule has 0 bridgehead atoms. The van der Waals surface area contributed by atoms with Gasteiger partial charge in [-0.1, -0.05) is 31.1 Å².